The Morgan fingerprint density at radius 1 is 1.33 bits per heavy atom. The molecule has 1 N–H and O–H groups in total. The minimum atomic E-state index is -3.53. The lowest BCUT2D eigenvalue weighted by molar-refractivity contribution is 0.0600. The molecule has 0 aliphatic heterocycles. The summed E-state index contributed by atoms with van der Waals surface area (Å²) in [4.78, 5) is 15.0. The van der Waals surface area contributed by atoms with E-state index in [2.05, 4.69) is 14.4 Å². The first-order valence-corrected chi connectivity index (χ1v) is 7.68. The monoisotopic (exact) mass is 310 g/mol. The Kier molecular flexibility index (Phi) is 4.71. The van der Waals surface area contributed by atoms with Crippen LogP contribution in [0.3, 0.4) is 0 Å². The number of benzene rings is 1. The maximum atomic E-state index is 11.8. The second-order valence-electron chi connectivity index (χ2n) is 4.19. The normalized spacial score (nSPS) is 11.3. The highest BCUT2D eigenvalue weighted by Crippen LogP contribution is 2.07. The average molecular weight is 310 g/mol. The van der Waals surface area contributed by atoms with Gasteiger partial charge >= 0.3 is 5.97 Å². The topological polar surface area (TPSA) is 98.5 Å². The van der Waals surface area contributed by atoms with Gasteiger partial charge in [-0.3, -0.25) is 0 Å². The van der Waals surface area contributed by atoms with Gasteiger partial charge in [0.25, 0.3) is 0 Å². The van der Waals surface area contributed by atoms with E-state index in [1.165, 1.54) is 19.6 Å². The number of carbonyl (C=O) groups is 1. The van der Waals surface area contributed by atoms with Crippen molar-refractivity contribution in [2.45, 2.75) is 12.3 Å². The molecule has 7 nitrogen and oxygen atoms in total. The molecule has 0 bridgehead atoms. The van der Waals surface area contributed by atoms with Crippen molar-refractivity contribution in [1.82, 2.24) is 9.71 Å². The van der Waals surface area contributed by atoms with Gasteiger partial charge in [-0.1, -0.05) is 12.1 Å². The fraction of sp³-hybridized carbons (Fsp3) is 0.231. The van der Waals surface area contributed by atoms with Crippen molar-refractivity contribution < 1.29 is 22.4 Å². The molecule has 0 saturated heterocycles. The van der Waals surface area contributed by atoms with Gasteiger partial charge in [0.2, 0.25) is 15.9 Å². The fourth-order valence-electron chi connectivity index (χ4n) is 1.61. The van der Waals surface area contributed by atoms with E-state index >= 15 is 0 Å². The number of aromatic nitrogens is 1. The zero-order valence-corrected chi connectivity index (χ0v) is 12.1. The number of sulfonamides is 1. The van der Waals surface area contributed by atoms with E-state index < -0.39 is 16.0 Å². The highest BCUT2D eigenvalue weighted by molar-refractivity contribution is 7.88. The lowest BCUT2D eigenvalue weighted by atomic mass is 10.1. The maximum Gasteiger partial charge on any atom is 0.337 e. The minimum absolute atomic E-state index is 0.116. The molecule has 1 heterocycles. The van der Waals surface area contributed by atoms with Crippen LogP contribution in [0, 0.1) is 0 Å². The first kappa shape index (κ1) is 15.2. The van der Waals surface area contributed by atoms with Crippen LogP contribution in [0.25, 0.3) is 0 Å². The molecular formula is C13H14N2O5S. The summed E-state index contributed by atoms with van der Waals surface area (Å²) in [5.74, 6) is -0.630. The molecule has 21 heavy (non-hydrogen) atoms. The van der Waals surface area contributed by atoms with Crippen molar-refractivity contribution in [2.24, 2.45) is 0 Å². The Balaban J connectivity index is 1.94. The number of hydrogen-bond donors (Lipinski definition) is 1. The molecule has 0 fully saturated rings. The van der Waals surface area contributed by atoms with Crippen LogP contribution in [0.15, 0.2) is 41.1 Å². The molecule has 0 aliphatic rings. The standard InChI is InChI=1S/C13H14N2O5S/c1-19-13(16)11-4-2-10(3-5-11)8-15-21(17,18)9-12-14-6-7-20-12/h2-7,15H,8-9H2,1H3. The Hall–Kier alpha value is -2.19. The summed E-state index contributed by atoms with van der Waals surface area (Å²) in [6.07, 6.45) is 2.70. The van der Waals surface area contributed by atoms with Gasteiger partial charge in [0.1, 0.15) is 12.0 Å². The summed E-state index contributed by atoms with van der Waals surface area (Å²) in [5.41, 5.74) is 1.13. The third-order valence-corrected chi connectivity index (χ3v) is 3.88. The van der Waals surface area contributed by atoms with Crippen molar-refractivity contribution in [3.05, 3.63) is 53.7 Å². The first-order valence-electron chi connectivity index (χ1n) is 6.03. The number of carbonyl (C=O) groups excluding carboxylic acids is 1. The van der Waals surface area contributed by atoms with Crippen LogP contribution in [0.2, 0.25) is 0 Å². The van der Waals surface area contributed by atoms with Gasteiger partial charge in [-0.05, 0) is 17.7 Å². The van der Waals surface area contributed by atoms with E-state index in [1.54, 1.807) is 24.3 Å². The number of hydrogen-bond acceptors (Lipinski definition) is 6. The fourth-order valence-corrected chi connectivity index (χ4v) is 2.56. The van der Waals surface area contributed by atoms with Crippen molar-refractivity contribution in [2.75, 3.05) is 7.11 Å². The second kappa shape index (κ2) is 6.51. The number of nitrogens with zero attached hydrogens (tertiary/aromatic N) is 1. The van der Waals surface area contributed by atoms with Gasteiger partial charge in [-0.2, -0.15) is 0 Å². The smallest absolute Gasteiger partial charge is 0.337 e. The van der Waals surface area contributed by atoms with E-state index in [4.69, 9.17) is 4.42 Å². The molecule has 0 unspecified atom stereocenters. The summed E-state index contributed by atoms with van der Waals surface area (Å²) in [6.45, 7) is 0.116. The third kappa shape index (κ3) is 4.40. The van der Waals surface area contributed by atoms with Crippen LogP contribution in [0.4, 0.5) is 0 Å². The molecule has 8 heteroatoms. The Morgan fingerprint density at radius 2 is 2.05 bits per heavy atom. The largest absolute Gasteiger partial charge is 0.465 e. The van der Waals surface area contributed by atoms with Gasteiger partial charge in [-0.25, -0.2) is 22.9 Å². The van der Waals surface area contributed by atoms with Crippen molar-refractivity contribution in [3.63, 3.8) is 0 Å². The minimum Gasteiger partial charge on any atom is -0.465 e. The first-order chi connectivity index (χ1) is 10.00. The van der Waals surface area contributed by atoms with E-state index in [9.17, 15) is 13.2 Å². The predicted octanol–water partition coefficient (Wildman–Crippen LogP) is 1.08. The molecule has 0 saturated carbocycles. The zero-order valence-electron chi connectivity index (χ0n) is 11.3. The van der Waals surface area contributed by atoms with Crippen LogP contribution in [-0.4, -0.2) is 26.5 Å². The quantitative estimate of drug-likeness (QED) is 0.802. The number of oxazole rings is 1. The van der Waals surface area contributed by atoms with Crippen molar-refractivity contribution in [1.29, 1.82) is 0 Å². The molecule has 0 spiro atoms. The van der Waals surface area contributed by atoms with E-state index in [0.717, 1.165) is 5.56 Å². The molecule has 0 radical (unpaired) electrons. The molecule has 1 aromatic carbocycles. The number of ether oxygens (including phenoxy) is 1. The second-order valence-corrected chi connectivity index (χ2v) is 6.00. The van der Waals surface area contributed by atoms with Gasteiger partial charge in [-0.15, -0.1) is 0 Å². The van der Waals surface area contributed by atoms with Gasteiger partial charge in [0, 0.05) is 6.54 Å². The maximum absolute atomic E-state index is 11.8. The highest BCUT2D eigenvalue weighted by Gasteiger charge is 2.14. The van der Waals surface area contributed by atoms with E-state index in [-0.39, 0.29) is 18.2 Å². The number of esters is 1. The Morgan fingerprint density at radius 3 is 2.62 bits per heavy atom. The van der Waals surface area contributed by atoms with Gasteiger partial charge < -0.3 is 9.15 Å². The summed E-state index contributed by atoms with van der Waals surface area (Å²) < 4.78 is 35.5. The third-order valence-electron chi connectivity index (χ3n) is 2.67. The van der Waals surface area contributed by atoms with E-state index in [1.807, 2.05) is 0 Å². The summed E-state index contributed by atoms with van der Waals surface area (Å²) in [5, 5.41) is 0. The van der Waals surface area contributed by atoms with Gasteiger partial charge in [0.05, 0.1) is 18.9 Å². The zero-order chi connectivity index (χ0) is 15.3. The predicted molar refractivity (Wildman–Crippen MR) is 73.7 cm³/mol. The van der Waals surface area contributed by atoms with Crippen LogP contribution < -0.4 is 4.72 Å². The number of nitrogens with one attached hydrogen (secondary N) is 1. The number of methoxy groups -OCH3 is 1. The molecular weight excluding hydrogens is 296 g/mol. The van der Waals surface area contributed by atoms with Crippen LogP contribution in [-0.2, 0) is 27.1 Å². The molecule has 0 atom stereocenters. The molecule has 1 aromatic heterocycles. The van der Waals surface area contributed by atoms with Crippen molar-refractivity contribution in [3.8, 4) is 0 Å². The molecule has 2 rings (SSSR count). The van der Waals surface area contributed by atoms with Crippen LogP contribution >= 0.6 is 0 Å². The average Bonchev–Trinajstić information content (AvgIpc) is 2.97. The lowest BCUT2D eigenvalue weighted by Gasteiger charge is -2.06. The SMILES string of the molecule is COC(=O)c1ccc(CNS(=O)(=O)Cc2ncco2)cc1. The lowest BCUT2D eigenvalue weighted by Crippen LogP contribution is -2.24. The Labute approximate surface area is 122 Å². The molecule has 2 aromatic rings. The summed E-state index contributed by atoms with van der Waals surface area (Å²) in [6, 6.07) is 6.45. The summed E-state index contributed by atoms with van der Waals surface area (Å²) >= 11 is 0. The van der Waals surface area contributed by atoms with Crippen molar-refractivity contribution >= 4 is 16.0 Å². The number of rotatable bonds is 6. The Bertz CT molecular complexity index is 693. The van der Waals surface area contributed by atoms with Gasteiger partial charge in [0.15, 0.2) is 0 Å². The summed E-state index contributed by atoms with van der Waals surface area (Å²) in [7, 11) is -2.23. The van der Waals surface area contributed by atoms with Crippen LogP contribution in [0.5, 0.6) is 0 Å². The van der Waals surface area contributed by atoms with Crippen LogP contribution in [0.1, 0.15) is 21.8 Å². The highest BCUT2D eigenvalue weighted by atomic mass is 32.2. The molecule has 0 amide bonds. The van der Waals surface area contributed by atoms with E-state index in [0.29, 0.717) is 5.56 Å². The molecule has 112 valence electrons. The molecule has 0 aliphatic carbocycles.